The summed E-state index contributed by atoms with van der Waals surface area (Å²) in [6.45, 7) is 3.61. The van der Waals surface area contributed by atoms with Gasteiger partial charge in [-0.2, -0.15) is 0 Å². The lowest BCUT2D eigenvalue weighted by Crippen LogP contribution is -2.16. The highest BCUT2D eigenvalue weighted by molar-refractivity contribution is 7.93. The highest BCUT2D eigenvalue weighted by Gasteiger charge is 2.23. The number of benzene rings is 3. The fourth-order valence-electron chi connectivity index (χ4n) is 2.96. The van der Waals surface area contributed by atoms with Crippen molar-refractivity contribution in [3.8, 4) is 5.75 Å². The Hall–Kier alpha value is -2.46. The molecule has 0 aliphatic carbocycles. The van der Waals surface area contributed by atoms with Gasteiger partial charge in [0.2, 0.25) is 0 Å². The van der Waals surface area contributed by atoms with Gasteiger partial charge in [0, 0.05) is 5.69 Å². The van der Waals surface area contributed by atoms with Crippen molar-refractivity contribution < 1.29 is 21.6 Å². The number of sulfonamides is 2. The molecule has 0 radical (unpaired) electrons. The zero-order valence-electron chi connectivity index (χ0n) is 17.3. The quantitative estimate of drug-likeness (QED) is 0.449. The van der Waals surface area contributed by atoms with Crippen molar-refractivity contribution >= 4 is 54.6 Å². The fourth-order valence-corrected chi connectivity index (χ4v) is 6.06. The van der Waals surface area contributed by atoms with Crippen LogP contribution >= 0.6 is 23.2 Å². The van der Waals surface area contributed by atoms with E-state index >= 15 is 0 Å². The molecule has 0 aliphatic rings. The van der Waals surface area contributed by atoms with Gasteiger partial charge in [-0.15, -0.1) is 0 Å². The second-order valence-electron chi connectivity index (χ2n) is 6.90. The van der Waals surface area contributed by atoms with E-state index in [0.29, 0.717) is 5.69 Å². The molecule has 0 saturated heterocycles. The molecular weight excluding hydrogens is 495 g/mol. The van der Waals surface area contributed by atoms with Crippen molar-refractivity contribution in [2.24, 2.45) is 0 Å². The molecule has 0 bridgehead atoms. The minimum Gasteiger partial charge on any atom is -0.495 e. The van der Waals surface area contributed by atoms with E-state index in [1.807, 2.05) is 6.07 Å². The zero-order valence-corrected chi connectivity index (χ0v) is 20.5. The van der Waals surface area contributed by atoms with Gasteiger partial charge < -0.3 is 4.74 Å². The van der Waals surface area contributed by atoms with Gasteiger partial charge in [-0.05, 0) is 61.4 Å². The normalized spacial score (nSPS) is 11.8. The third kappa shape index (κ3) is 4.96. The third-order valence-electron chi connectivity index (χ3n) is 4.66. The van der Waals surface area contributed by atoms with E-state index in [4.69, 9.17) is 27.9 Å². The molecule has 0 aliphatic heterocycles. The number of ether oxygens (including phenoxy) is 1. The van der Waals surface area contributed by atoms with Crippen molar-refractivity contribution in [3.05, 3.63) is 75.8 Å². The second kappa shape index (κ2) is 9.19. The van der Waals surface area contributed by atoms with Crippen LogP contribution in [0.1, 0.15) is 11.1 Å². The Morgan fingerprint density at radius 2 is 1.34 bits per heavy atom. The first-order valence-corrected chi connectivity index (χ1v) is 12.9. The number of hydrogen-bond acceptors (Lipinski definition) is 5. The molecule has 32 heavy (non-hydrogen) atoms. The van der Waals surface area contributed by atoms with E-state index in [1.54, 1.807) is 26.0 Å². The predicted molar refractivity (Wildman–Crippen MR) is 127 cm³/mol. The van der Waals surface area contributed by atoms with E-state index in [-0.39, 0.29) is 31.3 Å². The van der Waals surface area contributed by atoms with E-state index < -0.39 is 20.0 Å². The summed E-state index contributed by atoms with van der Waals surface area (Å²) >= 11 is 12.1. The number of hydrogen-bond donors (Lipinski definition) is 2. The van der Waals surface area contributed by atoms with Crippen molar-refractivity contribution in [1.82, 2.24) is 0 Å². The summed E-state index contributed by atoms with van der Waals surface area (Å²) in [6, 6.07) is 13.4. The van der Waals surface area contributed by atoms with Crippen LogP contribution in [0.15, 0.2) is 64.4 Å². The van der Waals surface area contributed by atoms with Crippen molar-refractivity contribution in [2.75, 3.05) is 16.6 Å². The molecule has 0 fully saturated rings. The minimum atomic E-state index is -4.09. The molecule has 7 nitrogen and oxygen atoms in total. The summed E-state index contributed by atoms with van der Waals surface area (Å²) < 4.78 is 61.0. The van der Waals surface area contributed by atoms with Crippen molar-refractivity contribution in [2.45, 2.75) is 23.6 Å². The Balaban J connectivity index is 1.85. The number of aryl methyl sites for hydroxylation is 2. The summed E-state index contributed by atoms with van der Waals surface area (Å²) in [5.74, 6) is 0.238. The summed E-state index contributed by atoms with van der Waals surface area (Å²) in [7, 11) is -6.57. The average molecular weight is 515 g/mol. The smallest absolute Gasteiger partial charge is 0.263 e. The molecular formula is C21H20Cl2N2O5S2. The lowest BCUT2D eigenvalue weighted by molar-refractivity contribution is 0.414. The summed E-state index contributed by atoms with van der Waals surface area (Å²) in [5, 5.41) is -0.216. The molecule has 3 aromatic rings. The van der Waals surface area contributed by atoms with Crippen LogP contribution < -0.4 is 14.2 Å². The maximum absolute atomic E-state index is 12.8. The van der Waals surface area contributed by atoms with Crippen LogP contribution in [0.3, 0.4) is 0 Å². The van der Waals surface area contributed by atoms with Crippen molar-refractivity contribution in [3.63, 3.8) is 0 Å². The van der Waals surface area contributed by atoms with Gasteiger partial charge >= 0.3 is 0 Å². The van der Waals surface area contributed by atoms with Crippen LogP contribution in [0.4, 0.5) is 11.4 Å². The minimum absolute atomic E-state index is 0.0198. The van der Waals surface area contributed by atoms with Crippen LogP contribution in [0.5, 0.6) is 5.75 Å². The molecule has 3 rings (SSSR count). The highest BCUT2D eigenvalue weighted by atomic mass is 35.5. The molecule has 0 atom stereocenters. The highest BCUT2D eigenvalue weighted by Crippen LogP contribution is 2.37. The Morgan fingerprint density at radius 3 is 1.91 bits per heavy atom. The third-order valence-corrected chi connectivity index (χ3v) is 8.42. The van der Waals surface area contributed by atoms with Gasteiger partial charge in [0.25, 0.3) is 20.0 Å². The predicted octanol–water partition coefficient (Wildman–Crippen LogP) is 5.22. The van der Waals surface area contributed by atoms with Gasteiger partial charge in [0.05, 0.1) is 22.7 Å². The Bertz CT molecular complexity index is 1350. The Kier molecular flexibility index (Phi) is 6.94. The molecule has 0 spiro atoms. The van der Waals surface area contributed by atoms with E-state index in [0.717, 1.165) is 11.1 Å². The van der Waals surface area contributed by atoms with Crippen molar-refractivity contribution in [1.29, 1.82) is 0 Å². The summed E-state index contributed by atoms with van der Waals surface area (Å²) in [6.07, 6.45) is 0. The topological polar surface area (TPSA) is 102 Å². The summed E-state index contributed by atoms with van der Waals surface area (Å²) in [4.78, 5) is -0.257. The standard InChI is InChI=1S/C21H20Cl2N2O5S2/c1-13-5-4-6-14(2)21(13)25-31(26,27)16-9-7-15(8-10-16)24-32(28,29)18-12-11-17(30-3)19(22)20(18)23/h4-12,24-25H,1-3H3. The number of para-hydroxylation sites is 1. The van der Waals surface area contributed by atoms with Gasteiger partial charge in [-0.3, -0.25) is 9.44 Å². The molecule has 3 aromatic carbocycles. The second-order valence-corrected chi connectivity index (χ2v) is 11.0. The van der Waals surface area contributed by atoms with E-state index in [2.05, 4.69) is 9.44 Å². The molecule has 0 unspecified atom stereocenters. The molecule has 2 N–H and O–H groups in total. The number of nitrogens with one attached hydrogen (secondary N) is 2. The molecule has 0 heterocycles. The lowest BCUT2D eigenvalue weighted by Gasteiger charge is -2.14. The zero-order chi connectivity index (χ0) is 23.7. The fraction of sp³-hybridized carbons (Fsp3) is 0.143. The van der Waals surface area contributed by atoms with Crippen LogP contribution in [0.2, 0.25) is 10.0 Å². The van der Waals surface area contributed by atoms with Gasteiger partial charge in [0.15, 0.2) is 0 Å². The summed E-state index contributed by atoms with van der Waals surface area (Å²) in [5.41, 5.74) is 2.23. The SMILES string of the molecule is COc1ccc(S(=O)(=O)Nc2ccc(S(=O)(=O)Nc3c(C)cccc3C)cc2)c(Cl)c1Cl. The van der Waals surface area contributed by atoms with Crippen LogP contribution in [-0.4, -0.2) is 23.9 Å². The van der Waals surface area contributed by atoms with Crippen LogP contribution in [0, 0.1) is 13.8 Å². The first kappa shape index (κ1) is 24.2. The van der Waals surface area contributed by atoms with E-state index in [9.17, 15) is 16.8 Å². The maximum Gasteiger partial charge on any atom is 0.263 e. The Morgan fingerprint density at radius 1 is 0.750 bits per heavy atom. The van der Waals surface area contributed by atoms with E-state index in [1.165, 1.54) is 43.5 Å². The molecule has 0 saturated carbocycles. The van der Waals surface area contributed by atoms with Crippen LogP contribution in [-0.2, 0) is 20.0 Å². The number of rotatable bonds is 7. The van der Waals surface area contributed by atoms with Gasteiger partial charge in [0.1, 0.15) is 15.7 Å². The maximum atomic E-state index is 12.8. The molecule has 0 aromatic heterocycles. The first-order valence-electron chi connectivity index (χ1n) is 9.20. The number of halogens is 2. The van der Waals surface area contributed by atoms with Crippen LogP contribution in [0.25, 0.3) is 0 Å². The largest absolute Gasteiger partial charge is 0.495 e. The lowest BCUT2D eigenvalue weighted by atomic mass is 10.1. The Labute approximate surface area is 197 Å². The molecule has 11 heteroatoms. The number of anilines is 2. The van der Waals surface area contributed by atoms with Gasteiger partial charge in [-0.1, -0.05) is 41.4 Å². The molecule has 170 valence electrons. The monoisotopic (exact) mass is 514 g/mol. The average Bonchev–Trinajstić information content (AvgIpc) is 2.73. The molecule has 0 amide bonds. The first-order chi connectivity index (χ1) is 15.0. The number of methoxy groups -OCH3 is 1. The van der Waals surface area contributed by atoms with Gasteiger partial charge in [-0.25, -0.2) is 16.8 Å².